The van der Waals surface area contributed by atoms with Gasteiger partial charge in [-0.15, -0.1) is 0 Å². The molecule has 2 rings (SSSR count). The molecule has 106 valence electrons. The van der Waals surface area contributed by atoms with Gasteiger partial charge in [0.15, 0.2) is 17.8 Å². The molecule has 1 heterocycles. The Morgan fingerprint density at radius 1 is 1.40 bits per heavy atom. The first-order chi connectivity index (χ1) is 9.65. The van der Waals surface area contributed by atoms with E-state index >= 15 is 0 Å². The molecule has 0 fully saturated rings. The van der Waals surface area contributed by atoms with E-state index in [9.17, 15) is 4.79 Å². The van der Waals surface area contributed by atoms with Crippen LogP contribution in [0.2, 0.25) is 5.02 Å². The van der Waals surface area contributed by atoms with Crippen molar-refractivity contribution in [2.75, 3.05) is 14.2 Å². The maximum atomic E-state index is 11.1. The van der Waals surface area contributed by atoms with Crippen LogP contribution in [0.15, 0.2) is 10.6 Å². The molecule has 0 unspecified atom stereocenters. The quantitative estimate of drug-likeness (QED) is 0.838. The van der Waals surface area contributed by atoms with Crippen molar-refractivity contribution >= 4 is 17.9 Å². The van der Waals surface area contributed by atoms with Gasteiger partial charge in [0.2, 0.25) is 11.7 Å². The second kappa shape index (κ2) is 5.89. The molecule has 8 heteroatoms. The van der Waals surface area contributed by atoms with E-state index in [0.29, 0.717) is 17.6 Å². The van der Waals surface area contributed by atoms with Gasteiger partial charge in [0, 0.05) is 0 Å². The van der Waals surface area contributed by atoms with Crippen molar-refractivity contribution in [3.05, 3.63) is 22.5 Å². The largest absolute Gasteiger partial charge is 0.492 e. The number of carbonyl (C=O) groups is 1. The van der Waals surface area contributed by atoms with Crippen LogP contribution in [-0.2, 0) is 6.54 Å². The number of rotatable bonds is 5. The highest BCUT2D eigenvalue weighted by molar-refractivity contribution is 6.33. The monoisotopic (exact) mass is 297 g/mol. The maximum Gasteiger partial charge on any atom is 0.240 e. The Hall–Kier alpha value is -2.12. The Bertz CT molecular complexity index is 642. The van der Waals surface area contributed by atoms with Crippen LogP contribution >= 0.6 is 11.6 Å². The fourth-order valence-electron chi connectivity index (χ4n) is 1.75. The molecule has 7 nitrogen and oxygen atoms in total. The molecule has 2 N–H and O–H groups in total. The lowest BCUT2D eigenvalue weighted by molar-refractivity contribution is 0.112. The average Bonchev–Trinajstić information content (AvgIpc) is 2.94. The average molecular weight is 298 g/mol. The van der Waals surface area contributed by atoms with Crippen LogP contribution < -0.4 is 15.2 Å². The van der Waals surface area contributed by atoms with E-state index in [2.05, 4.69) is 10.1 Å². The van der Waals surface area contributed by atoms with Gasteiger partial charge in [0.1, 0.15) is 0 Å². The summed E-state index contributed by atoms with van der Waals surface area (Å²) >= 11 is 6.06. The third-order valence-electron chi connectivity index (χ3n) is 2.63. The van der Waals surface area contributed by atoms with Crippen molar-refractivity contribution in [1.29, 1.82) is 0 Å². The fourth-order valence-corrected chi connectivity index (χ4v) is 1.99. The minimum absolute atomic E-state index is 0.118. The van der Waals surface area contributed by atoms with Crippen LogP contribution in [-0.4, -0.2) is 30.6 Å². The van der Waals surface area contributed by atoms with Gasteiger partial charge in [-0.25, -0.2) is 0 Å². The van der Waals surface area contributed by atoms with Crippen molar-refractivity contribution < 1.29 is 18.8 Å². The van der Waals surface area contributed by atoms with Crippen LogP contribution in [0.5, 0.6) is 11.5 Å². The van der Waals surface area contributed by atoms with Crippen molar-refractivity contribution in [3.63, 3.8) is 0 Å². The summed E-state index contributed by atoms with van der Waals surface area (Å²) in [6.45, 7) is 0.118. The van der Waals surface area contributed by atoms with Gasteiger partial charge >= 0.3 is 0 Å². The first kappa shape index (κ1) is 14.3. The molecular weight excluding hydrogens is 286 g/mol. The standard InChI is InChI=1S/C12H12ClN3O4/c1-18-10-6(12-15-9(4-14)20-16-12)3-8(13)7(5-17)11(10)19-2/h3,5H,4,14H2,1-2H3. The van der Waals surface area contributed by atoms with Crippen LogP contribution in [0.3, 0.4) is 0 Å². The number of benzene rings is 1. The van der Waals surface area contributed by atoms with Gasteiger partial charge in [-0.3, -0.25) is 4.79 Å². The summed E-state index contributed by atoms with van der Waals surface area (Å²) in [4.78, 5) is 15.2. The van der Waals surface area contributed by atoms with Crippen LogP contribution in [0, 0.1) is 0 Å². The number of halogens is 1. The lowest BCUT2D eigenvalue weighted by Gasteiger charge is -2.13. The zero-order chi connectivity index (χ0) is 14.7. The Kier molecular flexibility index (Phi) is 4.21. The summed E-state index contributed by atoms with van der Waals surface area (Å²) in [6.07, 6.45) is 0.592. The first-order valence-electron chi connectivity index (χ1n) is 5.58. The molecule has 0 spiro atoms. The second-order valence-electron chi connectivity index (χ2n) is 3.72. The van der Waals surface area contributed by atoms with E-state index < -0.39 is 0 Å². The molecule has 0 aliphatic rings. The Morgan fingerprint density at radius 3 is 2.60 bits per heavy atom. The van der Waals surface area contributed by atoms with E-state index in [0.717, 1.165) is 0 Å². The zero-order valence-corrected chi connectivity index (χ0v) is 11.6. The molecule has 0 saturated carbocycles. The number of aromatic nitrogens is 2. The molecule has 0 bridgehead atoms. The van der Waals surface area contributed by atoms with E-state index in [-0.39, 0.29) is 34.6 Å². The molecule has 0 aliphatic heterocycles. The van der Waals surface area contributed by atoms with Crippen LogP contribution in [0.4, 0.5) is 0 Å². The summed E-state index contributed by atoms with van der Waals surface area (Å²) in [5.74, 6) is 1.03. The second-order valence-corrected chi connectivity index (χ2v) is 4.13. The van der Waals surface area contributed by atoms with Crippen molar-refractivity contribution in [3.8, 4) is 22.9 Å². The van der Waals surface area contributed by atoms with E-state index in [1.165, 1.54) is 20.3 Å². The molecule has 0 atom stereocenters. The SMILES string of the molecule is COc1c(-c2noc(CN)n2)cc(Cl)c(C=O)c1OC. The van der Waals surface area contributed by atoms with Gasteiger partial charge in [-0.2, -0.15) is 4.98 Å². The summed E-state index contributed by atoms with van der Waals surface area (Å²) in [6, 6.07) is 1.51. The highest BCUT2D eigenvalue weighted by Crippen LogP contribution is 2.42. The zero-order valence-electron chi connectivity index (χ0n) is 10.8. The highest BCUT2D eigenvalue weighted by Gasteiger charge is 2.22. The van der Waals surface area contributed by atoms with E-state index in [1.807, 2.05) is 0 Å². The molecule has 1 aromatic heterocycles. The van der Waals surface area contributed by atoms with Crippen molar-refractivity contribution in [1.82, 2.24) is 10.1 Å². The Balaban J connectivity index is 2.69. The number of nitrogens with two attached hydrogens (primary N) is 1. The predicted molar refractivity (Wildman–Crippen MR) is 71.1 cm³/mol. The van der Waals surface area contributed by atoms with Crippen LogP contribution in [0.1, 0.15) is 16.2 Å². The number of ether oxygens (including phenoxy) is 2. The third-order valence-corrected chi connectivity index (χ3v) is 2.95. The van der Waals surface area contributed by atoms with Gasteiger partial charge in [-0.1, -0.05) is 16.8 Å². The molecule has 20 heavy (non-hydrogen) atoms. The fraction of sp³-hybridized carbons (Fsp3) is 0.250. The molecule has 0 amide bonds. The number of aldehydes is 1. The predicted octanol–water partition coefficient (Wildman–Crippen LogP) is 1.68. The lowest BCUT2D eigenvalue weighted by atomic mass is 10.1. The minimum atomic E-state index is 0.118. The highest BCUT2D eigenvalue weighted by atomic mass is 35.5. The Labute approximate surface area is 119 Å². The lowest BCUT2D eigenvalue weighted by Crippen LogP contribution is -2.00. The number of hydrogen-bond donors (Lipinski definition) is 1. The number of hydrogen-bond acceptors (Lipinski definition) is 7. The summed E-state index contributed by atoms with van der Waals surface area (Å²) in [5.41, 5.74) is 6.06. The summed E-state index contributed by atoms with van der Waals surface area (Å²) in [5, 5.41) is 3.99. The van der Waals surface area contributed by atoms with Crippen molar-refractivity contribution in [2.45, 2.75) is 6.54 Å². The molecule has 0 saturated heterocycles. The van der Waals surface area contributed by atoms with Gasteiger partial charge in [0.25, 0.3) is 0 Å². The number of methoxy groups -OCH3 is 2. The van der Waals surface area contributed by atoms with Gasteiger partial charge < -0.3 is 19.7 Å². The maximum absolute atomic E-state index is 11.1. The molecule has 2 aromatic rings. The van der Waals surface area contributed by atoms with E-state index in [1.54, 1.807) is 0 Å². The summed E-state index contributed by atoms with van der Waals surface area (Å²) in [7, 11) is 2.85. The number of carbonyl (C=O) groups excluding carboxylic acids is 1. The van der Waals surface area contributed by atoms with Crippen molar-refractivity contribution in [2.24, 2.45) is 5.73 Å². The van der Waals surface area contributed by atoms with E-state index in [4.69, 9.17) is 31.3 Å². The molecule has 0 aliphatic carbocycles. The topological polar surface area (TPSA) is 100 Å². The summed E-state index contributed by atoms with van der Waals surface area (Å²) < 4.78 is 15.4. The molecular formula is C12H12ClN3O4. The minimum Gasteiger partial charge on any atom is -0.492 e. The van der Waals surface area contributed by atoms with Gasteiger partial charge in [-0.05, 0) is 6.07 Å². The smallest absolute Gasteiger partial charge is 0.240 e. The van der Waals surface area contributed by atoms with Crippen LogP contribution in [0.25, 0.3) is 11.4 Å². The Morgan fingerprint density at radius 2 is 2.10 bits per heavy atom. The number of nitrogens with zero attached hydrogens (tertiary/aromatic N) is 2. The normalized spacial score (nSPS) is 10.4. The first-order valence-corrected chi connectivity index (χ1v) is 5.96. The molecule has 0 radical (unpaired) electrons. The van der Waals surface area contributed by atoms with Gasteiger partial charge in [0.05, 0.1) is 36.9 Å². The third kappa shape index (κ3) is 2.33. The molecule has 1 aromatic carbocycles.